The Morgan fingerprint density at radius 3 is 3.14 bits per heavy atom. The maximum Gasteiger partial charge on any atom is 0.119 e. The summed E-state index contributed by atoms with van der Waals surface area (Å²) in [5.74, 6) is 2.05. The number of hydrogen-bond donors (Lipinski definition) is 1. The molecular weight excluding hydrogens is 194 g/mol. The van der Waals surface area contributed by atoms with E-state index in [1.807, 2.05) is 17.8 Å². The van der Waals surface area contributed by atoms with Crippen molar-refractivity contribution < 1.29 is 4.74 Å². The van der Waals surface area contributed by atoms with Gasteiger partial charge >= 0.3 is 0 Å². The molecule has 3 heteroatoms. The van der Waals surface area contributed by atoms with E-state index in [1.54, 1.807) is 7.11 Å². The zero-order valence-corrected chi connectivity index (χ0v) is 9.14. The van der Waals surface area contributed by atoms with Crippen molar-refractivity contribution in [2.45, 2.75) is 23.8 Å². The maximum absolute atomic E-state index is 5.99. The summed E-state index contributed by atoms with van der Waals surface area (Å²) in [6.07, 6.45) is 2.07. The summed E-state index contributed by atoms with van der Waals surface area (Å²) < 4.78 is 5.21. The van der Waals surface area contributed by atoms with Gasteiger partial charge in [-0.2, -0.15) is 0 Å². The van der Waals surface area contributed by atoms with Crippen molar-refractivity contribution >= 4 is 11.8 Å². The molecule has 0 aliphatic carbocycles. The van der Waals surface area contributed by atoms with Gasteiger partial charge in [0.2, 0.25) is 0 Å². The summed E-state index contributed by atoms with van der Waals surface area (Å²) in [5.41, 5.74) is 7.32. The van der Waals surface area contributed by atoms with E-state index in [9.17, 15) is 0 Å². The molecule has 0 amide bonds. The Morgan fingerprint density at radius 2 is 2.36 bits per heavy atom. The summed E-state index contributed by atoms with van der Waals surface area (Å²) in [4.78, 5) is 1.36. The smallest absolute Gasteiger partial charge is 0.119 e. The molecule has 1 atom stereocenters. The van der Waals surface area contributed by atoms with Crippen molar-refractivity contribution in [3.63, 3.8) is 0 Å². The second-order valence-electron chi connectivity index (χ2n) is 3.57. The minimum Gasteiger partial charge on any atom is -0.497 e. The van der Waals surface area contributed by atoms with Gasteiger partial charge in [-0.1, -0.05) is 0 Å². The van der Waals surface area contributed by atoms with E-state index in [4.69, 9.17) is 10.5 Å². The molecule has 0 bridgehead atoms. The van der Waals surface area contributed by atoms with Crippen LogP contribution in [0.25, 0.3) is 0 Å². The SMILES string of the molecule is COc1ccc2c(c1)CC(N)CCS2. The van der Waals surface area contributed by atoms with Gasteiger partial charge in [0.1, 0.15) is 5.75 Å². The minimum absolute atomic E-state index is 0.302. The van der Waals surface area contributed by atoms with Gasteiger partial charge in [0, 0.05) is 10.9 Å². The van der Waals surface area contributed by atoms with Gasteiger partial charge in [-0.15, -0.1) is 11.8 Å². The van der Waals surface area contributed by atoms with E-state index in [1.165, 1.54) is 10.5 Å². The van der Waals surface area contributed by atoms with Crippen LogP contribution in [0.5, 0.6) is 5.75 Å². The van der Waals surface area contributed by atoms with Crippen LogP contribution in [0.4, 0.5) is 0 Å². The Bertz CT molecular complexity index is 327. The predicted molar refractivity (Wildman–Crippen MR) is 60.0 cm³/mol. The normalized spacial score (nSPS) is 21.1. The third-order valence-corrected chi connectivity index (χ3v) is 3.65. The number of benzene rings is 1. The quantitative estimate of drug-likeness (QED) is 0.769. The molecule has 1 heterocycles. The first-order valence-corrected chi connectivity index (χ1v) is 5.83. The fourth-order valence-corrected chi connectivity index (χ4v) is 2.82. The van der Waals surface area contributed by atoms with Crippen molar-refractivity contribution in [2.24, 2.45) is 5.73 Å². The zero-order valence-electron chi connectivity index (χ0n) is 8.32. The van der Waals surface area contributed by atoms with E-state index >= 15 is 0 Å². The monoisotopic (exact) mass is 209 g/mol. The molecule has 2 nitrogen and oxygen atoms in total. The van der Waals surface area contributed by atoms with Crippen LogP contribution in [0.2, 0.25) is 0 Å². The third-order valence-electron chi connectivity index (χ3n) is 2.50. The fourth-order valence-electron chi connectivity index (χ4n) is 1.69. The molecule has 76 valence electrons. The number of nitrogens with two attached hydrogens (primary N) is 1. The van der Waals surface area contributed by atoms with E-state index < -0.39 is 0 Å². The number of fused-ring (bicyclic) bond motifs is 1. The highest BCUT2D eigenvalue weighted by Gasteiger charge is 2.14. The number of thioether (sulfide) groups is 1. The maximum atomic E-state index is 5.99. The van der Waals surface area contributed by atoms with Gasteiger partial charge in [0.25, 0.3) is 0 Å². The van der Waals surface area contributed by atoms with E-state index in [2.05, 4.69) is 12.1 Å². The number of ether oxygens (including phenoxy) is 1. The van der Waals surface area contributed by atoms with Crippen molar-refractivity contribution in [1.29, 1.82) is 0 Å². The molecule has 14 heavy (non-hydrogen) atoms. The largest absolute Gasteiger partial charge is 0.497 e. The lowest BCUT2D eigenvalue weighted by molar-refractivity contribution is 0.413. The summed E-state index contributed by atoms with van der Waals surface area (Å²) in [5, 5.41) is 0. The van der Waals surface area contributed by atoms with Crippen molar-refractivity contribution in [2.75, 3.05) is 12.9 Å². The van der Waals surface area contributed by atoms with Crippen LogP contribution in [0.3, 0.4) is 0 Å². The Balaban J connectivity index is 2.32. The molecule has 0 fully saturated rings. The highest BCUT2D eigenvalue weighted by Crippen LogP contribution is 2.31. The van der Waals surface area contributed by atoms with Gasteiger partial charge in [-0.3, -0.25) is 0 Å². The van der Waals surface area contributed by atoms with Gasteiger partial charge in [0.15, 0.2) is 0 Å². The van der Waals surface area contributed by atoms with Crippen molar-refractivity contribution in [3.05, 3.63) is 23.8 Å². The molecule has 0 saturated heterocycles. The fraction of sp³-hybridized carbons (Fsp3) is 0.455. The average molecular weight is 209 g/mol. The number of hydrogen-bond acceptors (Lipinski definition) is 3. The molecule has 1 aromatic rings. The Hall–Kier alpha value is -0.670. The summed E-state index contributed by atoms with van der Waals surface area (Å²) in [7, 11) is 1.70. The molecule has 1 aliphatic rings. The Kier molecular flexibility index (Phi) is 2.99. The van der Waals surface area contributed by atoms with Crippen LogP contribution in [0.15, 0.2) is 23.1 Å². The van der Waals surface area contributed by atoms with Gasteiger partial charge in [0.05, 0.1) is 7.11 Å². The van der Waals surface area contributed by atoms with E-state index in [0.29, 0.717) is 6.04 Å². The summed E-state index contributed by atoms with van der Waals surface area (Å²) >= 11 is 1.90. The molecule has 0 aromatic heterocycles. The molecule has 0 spiro atoms. The summed E-state index contributed by atoms with van der Waals surface area (Å²) in [6.45, 7) is 0. The first-order valence-electron chi connectivity index (χ1n) is 4.85. The lowest BCUT2D eigenvalue weighted by Crippen LogP contribution is -2.22. The van der Waals surface area contributed by atoms with Crippen molar-refractivity contribution in [1.82, 2.24) is 0 Å². The van der Waals surface area contributed by atoms with Gasteiger partial charge < -0.3 is 10.5 Å². The molecule has 2 N–H and O–H groups in total. The third kappa shape index (κ3) is 2.04. The molecule has 1 unspecified atom stereocenters. The van der Waals surface area contributed by atoms with Gasteiger partial charge in [-0.05, 0) is 42.4 Å². The predicted octanol–water partition coefficient (Wildman–Crippen LogP) is 2.06. The molecule has 2 rings (SSSR count). The van der Waals surface area contributed by atoms with Crippen LogP contribution in [-0.2, 0) is 6.42 Å². The lowest BCUT2D eigenvalue weighted by atomic mass is 10.0. The Morgan fingerprint density at radius 1 is 1.50 bits per heavy atom. The minimum atomic E-state index is 0.302. The molecule has 0 radical (unpaired) electrons. The summed E-state index contributed by atoms with van der Waals surface area (Å²) in [6, 6.07) is 6.56. The second kappa shape index (κ2) is 4.24. The lowest BCUT2D eigenvalue weighted by Gasteiger charge is -2.09. The van der Waals surface area contributed by atoms with E-state index in [0.717, 1.165) is 24.3 Å². The first-order chi connectivity index (χ1) is 6.79. The Labute approximate surface area is 88.8 Å². The second-order valence-corrected chi connectivity index (χ2v) is 4.71. The van der Waals surface area contributed by atoms with Crippen LogP contribution in [-0.4, -0.2) is 18.9 Å². The van der Waals surface area contributed by atoms with Crippen LogP contribution < -0.4 is 10.5 Å². The zero-order chi connectivity index (χ0) is 9.97. The number of methoxy groups -OCH3 is 1. The topological polar surface area (TPSA) is 35.2 Å². The van der Waals surface area contributed by atoms with Gasteiger partial charge in [-0.25, -0.2) is 0 Å². The van der Waals surface area contributed by atoms with Crippen LogP contribution >= 0.6 is 11.8 Å². The molecule has 1 aromatic carbocycles. The van der Waals surface area contributed by atoms with Crippen LogP contribution in [0.1, 0.15) is 12.0 Å². The number of rotatable bonds is 1. The van der Waals surface area contributed by atoms with Crippen LogP contribution in [0, 0.1) is 0 Å². The molecule has 1 aliphatic heterocycles. The highest BCUT2D eigenvalue weighted by molar-refractivity contribution is 7.99. The molecule has 0 saturated carbocycles. The van der Waals surface area contributed by atoms with E-state index in [-0.39, 0.29) is 0 Å². The van der Waals surface area contributed by atoms with Crippen molar-refractivity contribution in [3.8, 4) is 5.75 Å². The molecular formula is C11H15NOS. The highest BCUT2D eigenvalue weighted by atomic mass is 32.2. The first kappa shape index (κ1) is 9.87. The average Bonchev–Trinajstić information content (AvgIpc) is 2.37. The standard InChI is InChI=1S/C11H15NOS/c1-13-10-2-3-11-8(7-10)6-9(12)4-5-14-11/h2-3,7,9H,4-6,12H2,1H3.